The Labute approximate surface area is 114 Å². The summed E-state index contributed by atoms with van der Waals surface area (Å²) < 4.78 is 0. The van der Waals surface area contributed by atoms with Gasteiger partial charge in [-0.2, -0.15) is 0 Å². The van der Waals surface area contributed by atoms with Gasteiger partial charge in [-0.25, -0.2) is 4.79 Å². The third kappa shape index (κ3) is 3.86. The second-order valence-electron chi connectivity index (χ2n) is 4.82. The van der Waals surface area contributed by atoms with E-state index in [1.54, 1.807) is 0 Å². The third-order valence-corrected chi connectivity index (χ3v) is 3.33. The summed E-state index contributed by atoms with van der Waals surface area (Å²) in [5.41, 5.74) is 2.04. The molecule has 1 aliphatic rings. The molecule has 5 nitrogen and oxygen atoms in total. The van der Waals surface area contributed by atoms with Crippen LogP contribution in [0.4, 0.5) is 16.2 Å². The van der Waals surface area contributed by atoms with Crippen molar-refractivity contribution in [2.24, 2.45) is 0 Å². The Morgan fingerprint density at radius 2 is 1.79 bits per heavy atom. The van der Waals surface area contributed by atoms with Crippen molar-refractivity contribution in [1.29, 1.82) is 0 Å². The van der Waals surface area contributed by atoms with Crippen LogP contribution in [-0.4, -0.2) is 50.7 Å². The molecule has 1 aromatic carbocycles. The number of urea groups is 1. The van der Waals surface area contributed by atoms with Crippen LogP contribution in [0.25, 0.3) is 0 Å². The average Bonchev–Trinajstić information content (AvgIpc) is 2.41. The number of amides is 2. The Morgan fingerprint density at radius 3 is 2.37 bits per heavy atom. The summed E-state index contributed by atoms with van der Waals surface area (Å²) in [5.74, 6) is 0. The van der Waals surface area contributed by atoms with Crippen molar-refractivity contribution in [2.75, 3.05) is 50.0 Å². The summed E-state index contributed by atoms with van der Waals surface area (Å²) in [6.07, 6.45) is 0. The fourth-order valence-electron chi connectivity index (χ4n) is 2.16. The molecule has 0 bridgehead atoms. The van der Waals surface area contributed by atoms with E-state index in [1.807, 2.05) is 19.1 Å². The van der Waals surface area contributed by atoms with E-state index in [1.165, 1.54) is 5.69 Å². The van der Waals surface area contributed by atoms with E-state index in [9.17, 15) is 4.79 Å². The van der Waals surface area contributed by atoms with Crippen molar-refractivity contribution in [3.8, 4) is 0 Å². The van der Waals surface area contributed by atoms with E-state index < -0.39 is 0 Å². The minimum atomic E-state index is -0.158. The van der Waals surface area contributed by atoms with Crippen LogP contribution in [0.15, 0.2) is 24.3 Å². The van der Waals surface area contributed by atoms with Gasteiger partial charge in [-0.3, -0.25) is 0 Å². The lowest BCUT2D eigenvalue weighted by Gasteiger charge is -2.34. The van der Waals surface area contributed by atoms with Crippen LogP contribution in [-0.2, 0) is 0 Å². The van der Waals surface area contributed by atoms with Gasteiger partial charge in [0.25, 0.3) is 0 Å². The monoisotopic (exact) mass is 262 g/mol. The molecule has 0 atom stereocenters. The standard InChI is InChI=1S/C14H22N4O/c1-3-15-14(19)16-12-4-6-13(7-5-12)18-10-8-17(2)9-11-18/h4-7H,3,8-11H2,1-2H3,(H2,15,16,19). The molecule has 5 heteroatoms. The SMILES string of the molecule is CCNC(=O)Nc1ccc(N2CCN(C)CC2)cc1. The number of carbonyl (C=O) groups is 1. The van der Waals surface area contributed by atoms with Gasteiger partial charge in [0.1, 0.15) is 0 Å². The van der Waals surface area contributed by atoms with Gasteiger partial charge < -0.3 is 20.4 Å². The van der Waals surface area contributed by atoms with Crippen molar-refractivity contribution in [3.63, 3.8) is 0 Å². The molecular formula is C14H22N4O. The van der Waals surface area contributed by atoms with E-state index in [-0.39, 0.29) is 6.03 Å². The molecular weight excluding hydrogens is 240 g/mol. The van der Waals surface area contributed by atoms with Crippen molar-refractivity contribution < 1.29 is 4.79 Å². The van der Waals surface area contributed by atoms with Crippen LogP contribution in [0.2, 0.25) is 0 Å². The summed E-state index contributed by atoms with van der Waals surface area (Å²) in [6, 6.07) is 7.86. The number of rotatable bonds is 3. The Hall–Kier alpha value is -1.75. The van der Waals surface area contributed by atoms with Gasteiger partial charge in [-0.1, -0.05) is 0 Å². The normalized spacial score (nSPS) is 16.2. The van der Waals surface area contributed by atoms with Gasteiger partial charge in [0.2, 0.25) is 0 Å². The maximum atomic E-state index is 11.4. The first kappa shape index (κ1) is 13.7. The second-order valence-corrected chi connectivity index (χ2v) is 4.82. The van der Waals surface area contributed by atoms with Crippen LogP contribution < -0.4 is 15.5 Å². The molecule has 2 N–H and O–H groups in total. The van der Waals surface area contributed by atoms with Crippen LogP contribution in [0, 0.1) is 0 Å². The van der Waals surface area contributed by atoms with E-state index in [4.69, 9.17) is 0 Å². The lowest BCUT2D eigenvalue weighted by molar-refractivity contribution is 0.252. The molecule has 0 spiro atoms. The summed E-state index contributed by atoms with van der Waals surface area (Å²) in [6.45, 7) is 6.83. The number of nitrogens with one attached hydrogen (secondary N) is 2. The molecule has 0 radical (unpaired) electrons. The highest BCUT2D eigenvalue weighted by Crippen LogP contribution is 2.19. The minimum Gasteiger partial charge on any atom is -0.369 e. The van der Waals surface area contributed by atoms with Crippen LogP contribution in [0.3, 0.4) is 0 Å². The Kier molecular flexibility index (Phi) is 4.63. The third-order valence-electron chi connectivity index (χ3n) is 3.33. The van der Waals surface area contributed by atoms with Gasteiger partial charge in [0.05, 0.1) is 0 Å². The molecule has 0 aliphatic carbocycles. The molecule has 1 aliphatic heterocycles. The first-order valence-corrected chi connectivity index (χ1v) is 6.77. The first-order valence-electron chi connectivity index (χ1n) is 6.77. The van der Waals surface area contributed by atoms with Crippen LogP contribution in [0.1, 0.15) is 6.92 Å². The highest BCUT2D eigenvalue weighted by Gasteiger charge is 2.13. The number of anilines is 2. The van der Waals surface area contributed by atoms with E-state index in [2.05, 4.69) is 39.6 Å². The van der Waals surface area contributed by atoms with Gasteiger partial charge in [-0.15, -0.1) is 0 Å². The molecule has 0 aromatic heterocycles. The highest BCUT2D eigenvalue weighted by molar-refractivity contribution is 5.89. The van der Waals surface area contributed by atoms with E-state index in [0.29, 0.717) is 6.54 Å². The maximum absolute atomic E-state index is 11.4. The number of hydrogen-bond donors (Lipinski definition) is 2. The molecule has 2 rings (SSSR count). The number of benzene rings is 1. The zero-order valence-corrected chi connectivity index (χ0v) is 11.6. The quantitative estimate of drug-likeness (QED) is 0.869. The molecule has 0 unspecified atom stereocenters. The van der Waals surface area contributed by atoms with Gasteiger partial charge in [-0.05, 0) is 38.2 Å². The van der Waals surface area contributed by atoms with Gasteiger partial charge >= 0.3 is 6.03 Å². The Balaban J connectivity index is 1.92. The summed E-state index contributed by atoms with van der Waals surface area (Å²) in [7, 11) is 2.15. The minimum absolute atomic E-state index is 0.158. The molecule has 1 aromatic rings. The number of piperazine rings is 1. The van der Waals surface area contributed by atoms with Gasteiger partial charge in [0, 0.05) is 44.1 Å². The largest absolute Gasteiger partial charge is 0.369 e. The maximum Gasteiger partial charge on any atom is 0.319 e. The smallest absolute Gasteiger partial charge is 0.319 e. The van der Waals surface area contributed by atoms with E-state index >= 15 is 0 Å². The van der Waals surface area contributed by atoms with Crippen LogP contribution >= 0.6 is 0 Å². The Morgan fingerprint density at radius 1 is 1.16 bits per heavy atom. The first-order chi connectivity index (χ1) is 9.19. The summed E-state index contributed by atoms with van der Waals surface area (Å²) >= 11 is 0. The predicted molar refractivity (Wildman–Crippen MR) is 78.8 cm³/mol. The molecule has 19 heavy (non-hydrogen) atoms. The molecule has 2 amide bonds. The summed E-state index contributed by atoms with van der Waals surface area (Å²) in [5, 5.41) is 5.51. The van der Waals surface area contributed by atoms with Crippen molar-refractivity contribution in [1.82, 2.24) is 10.2 Å². The van der Waals surface area contributed by atoms with Crippen molar-refractivity contribution >= 4 is 17.4 Å². The van der Waals surface area contributed by atoms with Crippen molar-refractivity contribution in [3.05, 3.63) is 24.3 Å². The van der Waals surface area contributed by atoms with Crippen LogP contribution in [0.5, 0.6) is 0 Å². The second kappa shape index (κ2) is 6.43. The predicted octanol–water partition coefficient (Wildman–Crippen LogP) is 1.58. The molecule has 1 fully saturated rings. The fraction of sp³-hybridized carbons (Fsp3) is 0.500. The fourth-order valence-corrected chi connectivity index (χ4v) is 2.16. The number of nitrogens with zero attached hydrogens (tertiary/aromatic N) is 2. The lowest BCUT2D eigenvalue weighted by atomic mass is 10.2. The lowest BCUT2D eigenvalue weighted by Crippen LogP contribution is -2.44. The van der Waals surface area contributed by atoms with Crippen molar-refractivity contribution in [2.45, 2.75) is 6.92 Å². The topological polar surface area (TPSA) is 47.6 Å². The Bertz CT molecular complexity index is 410. The number of hydrogen-bond acceptors (Lipinski definition) is 3. The molecule has 1 heterocycles. The summed E-state index contributed by atoms with van der Waals surface area (Å²) in [4.78, 5) is 16.1. The number of carbonyl (C=O) groups excluding carboxylic acids is 1. The molecule has 1 saturated heterocycles. The van der Waals surface area contributed by atoms with E-state index in [0.717, 1.165) is 31.9 Å². The average molecular weight is 262 g/mol. The zero-order chi connectivity index (χ0) is 13.7. The zero-order valence-electron chi connectivity index (χ0n) is 11.6. The van der Waals surface area contributed by atoms with Gasteiger partial charge in [0.15, 0.2) is 0 Å². The molecule has 104 valence electrons. The highest BCUT2D eigenvalue weighted by atomic mass is 16.2. The number of likely N-dealkylation sites (N-methyl/N-ethyl adjacent to an activating group) is 1. The molecule has 0 saturated carbocycles.